The first-order valence-corrected chi connectivity index (χ1v) is 4.70. The van der Waals surface area contributed by atoms with Gasteiger partial charge in [0.05, 0.1) is 0 Å². The average Bonchev–Trinajstić information content (AvgIpc) is 2.16. The van der Waals surface area contributed by atoms with Gasteiger partial charge < -0.3 is 14.7 Å². The zero-order valence-corrected chi connectivity index (χ0v) is 12.7. The Morgan fingerprint density at radius 2 is 0.750 bits per heavy atom. The molecule has 0 fully saturated rings. The second-order valence-corrected chi connectivity index (χ2v) is 3.92. The average molecular weight is 407 g/mol. The van der Waals surface area contributed by atoms with Gasteiger partial charge in [-0.2, -0.15) is 15.0 Å². The first kappa shape index (κ1) is 15.2. The van der Waals surface area contributed by atoms with Crippen molar-refractivity contribution in [3.05, 3.63) is 0 Å². The Hall–Kier alpha value is -0.850. The van der Waals surface area contributed by atoms with Gasteiger partial charge in [0.25, 0.3) is 0 Å². The molecule has 0 saturated carbocycles. The molecule has 95 valence electrons. The molecule has 0 saturated heterocycles. The first-order valence-electron chi connectivity index (χ1n) is 4.70. The molecule has 0 amide bonds. The maximum Gasteiger partial charge on any atom is 0.231 e. The van der Waals surface area contributed by atoms with Crippen molar-refractivity contribution in [2.75, 3.05) is 57.0 Å². The van der Waals surface area contributed by atoms with Gasteiger partial charge in [-0.15, -0.1) is 0 Å². The molecule has 0 spiro atoms. The van der Waals surface area contributed by atoms with Gasteiger partial charge in [-0.1, -0.05) is 0 Å². The third-order valence-corrected chi connectivity index (χ3v) is 1.80. The minimum atomic E-state index is 0. The van der Waals surface area contributed by atoms with E-state index in [0.717, 1.165) is 0 Å². The summed E-state index contributed by atoms with van der Waals surface area (Å²) in [5.41, 5.74) is 0. The molecule has 1 aromatic heterocycles. The fraction of sp³-hybridized carbons (Fsp3) is 0.667. The van der Waals surface area contributed by atoms with Crippen molar-refractivity contribution in [3.8, 4) is 0 Å². The van der Waals surface area contributed by atoms with Crippen LogP contribution in [0.5, 0.6) is 0 Å². The zero-order valence-electron chi connectivity index (χ0n) is 10.5. The second-order valence-electron chi connectivity index (χ2n) is 3.92. The summed E-state index contributed by atoms with van der Waals surface area (Å²) in [4.78, 5) is 18.5. The Morgan fingerprint density at radius 1 is 0.562 bits per heavy atom. The van der Waals surface area contributed by atoms with E-state index < -0.39 is 0 Å². The standard InChI is InChI=1S/C9H18N6.Au/c1-13(2)7-10-8(14(3)4)12-9(11-7)15(5)6;/h1-6H3;. The van der Waals surface area contributed by atoms with E-state index in [9.17, 15) is 0 Å². The third kappa shape index (κ3) is 3.62. The predicted octanol–water partition coefficient (Wildman–Crippen LogP) is 0.0671. The van der Waals surface area contributed by atoms with Crippen LogP contribution < -0.4 is 14.7 Å². The molecule has 0 bridgehead atoms. The number of rotatable bonds is 3. The van der Waals surface area contributed by atoms with Crippen LogP contribution in [0.4, 0.5) is 17.8 Å². The molecule has 1 rings (SSSR count). The molecule has 0 aliphatic heterocycles. The van der Waals surface area contributed by atoms with Gasteiger partial charge in [0.1, 0.15) is 0 Å². The molecule has 0 atom stereocenters. The smallest absolute Gasteiger partial charge is 0.231 e. The van der Waals surface area contributed by atoms with Crippen molar-refractivity contribution in [1.29, 1.82) is 0 Å². The van der Waals surface area contributed by atoms with Crippen LogP contribution >= 0.6 is 0 Å². The van der Waals surface area contributed by atoms with Crippen LogP contribution in [0.25, 0.3) is 0 Å². The van der Waals surface area contributed by atoms with E-state index in [4.69, 9.17) is 0 Å². The number of hydrogen-bond donors (Lipinski definition) is 0. The van der Waals surface area contributed by atoms with Crippen molar-refractivity contribution in [2.24, 2.45) is 0 Å². The topological polar surface area (TPSA) is 48.4 Å². The minimum Gasteiger partial charge on any atom is -0.347 e. The molecule has 0 unspecified atom stereocenters. The first-order chi connectivity index (χ1) is 6.91. The molecule has 6 nitrogen and oxygen atoms in total. The van der Waals surface area contributed by atoms with Crippen LogP contribution in [0.3, 0.4) is 0 Å². The van der Waals surface area contributed by atoms with Crippen LogP contribution in [0, 0.1) is 0 Å². The van der Waals surface area contributed by atoms with E-state index in [0.29, 0.717) is 17.8 Å². The van der Waals surface area contributed by atoms with Crippen molar-refractivity contribution in [2.45, 2.75) is 0 Å². The Labute approximate surface area is 112 Å². The summed E-state index contributed by atoms with van der Waals surface area (Å²) in [7, 11) is 11.5. The molecular weight excluding hydrogens is 389 g/mol. The summed E-state index contributed by atoms with van der Waals surface area (Å²) in [6.07, 6.45) is 0. The number of anilines is 3. The monoisotopic (exact) mass is 407 g/mol. The van der Waals surface area contributed by atoms with E-state index in [2.05, 4.69) is 15.0 Å². The Balaban J connectivity index is 0.00000225. The number of hydrogen-bond acceptors (Lipinski definition) is 6. The largest absolute Gasteiger partial charge is 0.347 e. The van der Waals surface area contributed by atoms with Crippen LogP contribution in [0.2, 0.25) is 0 Å². The Bertz CT molecular complexity index is 274. The van der Waals surface area contributed by atoms with Gasteiger partial charge in [0.2, 0.25) is 17.8 Å². The van der Waals surface area contributed by atoms with Crippen molar-refractivity contribution in [1.82, 2.24) is 15.0 Å². The number of nitrogens with zero attached hydrogens (tertiary/aromatic N) is 6. The Morgan fingerprint density at radius 3 is 0.875 bits per heavy atom. The quantitative estimate of drug-likeness (QED) is 0.662. The molecule has 1 aromatic rings. The van der Waals surface area contributed by atoms with Crippen molar-refractivity contribution in [3.63, 3.8) is 0 Å². The van der Waals surface area contributed by atoms with E-state index in [1.165, 1.54) is 0 Å². The van der Waals surface area contributed by atoms with Crippen LogP contribution in [0.15, 0.2) is 0 Å². The maximum absolute atomic E-state index is 4.32. The third-order valence-electron chi connectivity index (χ3n) is 1.80. The van der Waals surface area contributed by atoms with Gasteiger partial charge >= 0.3 is 0 Å². The fourth-order valence-corrected chi connectivity index (χ4v) is 0.943. The maximum atomic E-state index is 4.32. The minimum absolute atomic E-state index is 0. The molecular formula is C9H18AuN6. The van der Waals surface area contributed by atoms with Crippen LogP contribution in [-0.2, 0) is 22.4 Å². The van der Waals surface area contributed by atoms with E-state index >= 15 is 0 Å². The molecule has 0 N–H and O–H groups in total. The molecule has 7 heteroatoms. The molecule has 1 heterocycles. The van der Waals surface area contributed by atoms with Crippen molar-refractivity contribution >= 4 is 17.8 Å². The van der Waals surface area contributed by atoms with Crippen LogP contribution in [0.1, 0.15) is 0 Å². The van der Waals surface area contributed by atoms with Gasteiger partial charge in [0, 0.05) is 64.7 Å². The van der Waals surface area contributed by atoms with E-state index in [1.807, 2.05) is 57.0 Å². The fourth-order valence-electron chi connectivity index (χ4n) is 0.943. The zero-order chi connectivity index (χ0) is 11.6. The summed E-state index contributed by atoms with van der Waals surface area (Å²) in [5.74, 6) is 1.99. The van der Waals surface area contributed by atoms with Gasteiger partial charge in [-0.25, -0.2) is 0 Å². The normalized spacial score (nSPS) is 9.38. The molecule has 16 heavy (non-hydrogen) atoms. The predicted molar refractivity (Wildman–Crippen MR) is 62.8 cm³/mol. The van der Waals surface area contributed by atoms with Crippen LogP contribution in [-0.4, -0.2) is 57.2 Å². The van der Waals surface area contributed by atoms with Gasteiger partial charge in [-0.05, 0) is 0 Å². The summed E-state index contributed by atoms with van der Waals surface area (Å²) < 4.78 is 0. The SMILES string of the molecule is CN(C)c1nc(N(C)C)nc(N(C)C)n1.[Au]. The molecule has 1 radical (unpaired) electrons. The number of aromatic nitrogens is 3. The molecule has 0 aliphatic rings. The van der Waals surface area contributed by atoms with E-state index in [1.54, 1.807) is 0 Å². The summed E-state index contributed by atoms with van der Waals surface area (Å²) in [5, 5.41) is 0. The Kier molecular flexibility index (Phi) is 5.71. The van der Waals surface area contributed by atoms with E-state index in [-0.39, 0.29) is 22.4 Å². The molecule has 0 aliphatic carbocycles. The summed E-state index contributed by atoms with van der Waals surface area (Å²) >= 11 is 0. The molecule has 0 aromatic carbocycles. The summed E-state index contributed by atoms with van der Waals surface area (Å²) in [6, 6.07) is 0. The van der Waals surface area contributed by atoms with Crippen molar-refractivity contribution < 1.29 is 22.4 Å². The van der Waals surface area contributed by atoms with Gasteiger partial charge in [0.15, 0.2) is 0 Å². The second kappa shape index (κ2) is 6.03. The summed E-state index contributed by atoms with van der Waals surface area (Å²) in [6.45, 7) is 0. The van der Waals surface area contributed by atoms with Gasteiger partial charge in [-0.3, -0.25) is 0 Å².